The van der Waals surface area contributed by atoms with Gasteiger partial charge in [0.05, 0.1) is 14.2 Å². The number of hydrogen-bond donors (Lipinski definition) is 0. The first-order valence-electron chi connectivity index (χ1n) is 12.0. The zero-order chi connectivity index (χ0) is 26.4. The van der Waals surface area contributed by atoms with Gasteiger partial charge in [0.1, 0.15) is 11.5 Å². The Morgan fingerprint density at radius 1 is 0.500 bits per heavy atom. The van der Waals surface area contributed by atoms with Gasteiger partial charge in [-0.15, -0.1) is 0 Å². The van der Waals surface area contributed by atoms with E-state index >= 15 is 0 Å². The Hall–Kier alpha value is -1.47. The summed E-state index contributed by atoms with van der Waals surface area (Å²) in [5, 5.41) is 3.02. The minimum absolute atomic E-state index is 0.0184. The molecular formula is C30H49BO2P-. The van der Waals surface area contributed by atoms with Crippen LogP contribution in [0, 0.1) is 0 Å². The van der Waals surface area contributed by atoms with E-state index < -0.39 is 0 Å². The van der Waals surface area contributed by atoms with Crippen molar-refractivity contribution in [1.82, 2.24) is 0 Å². The van der Waals surface area contributed by atoms with E-state index in [4.69, 9.17) is 9.47 Å². The number of hydrogen-bond acceptors (Lipinski definition) is 2. The van der Waals surface area contributed by atoms with Crippen molar-refractivity contribution in [1.29, 1.82) is 0 Å². The van der Waals surface area contributed by atoms with E-state index in [-0.39, 0.29) is 37.0 Å². The van der Waals surface area contributed by atoms with Crippen LogP contribution in [-0.4, -0.2) is 21.8 Å². The van der Waals surface area contributed by atoms with E-state index in [9.17, 15) is 0 Å². The number of benzene rings is 2. The molecule has 0 aromatic heterocycles. The molecule has 2 aromatic rings. The zero-order valence-electron chi connectivity index (χ0n) is 23.6. The molecule has 0 N–H and O–H groups in total. The van der Waals surface area contributed by atoms with Crippen molar-refractivity contribution in [2.75, 3.05) is 14.2 Å². The molecule has 2 nitrogen and oxygen atoms in total. The van der Waals surface area contributed by atoms with E-state index in [1.165, 1.54) is 32.9 Å². The second-order valence-electron chi connectivity index (χ2n) is 13.3. The summed E-state index contributed by atoms with van der Waals surface area (Å²) in [5.41, 5.74) is 5.37. The fraction of sp³-hybridized carbons (Fsp3) is 0.600. The van der Waals surface area contributed by atoms with Crippen LogP contribution in [0.15, 0.2) is 24.3 Å². The third kappa shape index (κ3) is 6.02. The Morgan fingerprint density at radius 2 is 0.706 bits per heavy atom. The van der Waals surface area contributed by atoms with Gasteiger partial charge in [-0.25, -0.2) is 7.80 Å². The lowest BCUT2D eigenvalue weighted by atomic mass is 9.79. The lowest BCUT2D eigenvalue weighted by Crippen LogP contribution is -2.26. The summed E-state index contributed by atoms with van der Waals surface area (Å²) in [6.45, 7) is 27.6. The molecule has 0 aliphatic heterocycles. The molecule has 0 bridgehead atoms. The predicted molar refractivity (Wildman–Crippen MR) is 157 cm³/mol. The maximum Gasteiger partial charge on any atom is 0.126 e. The predicted octanol–water partition coefficient (Wildman–Crippen LogP) is 6.61. The van der Waals surface area contributed by atoms with E-state index in [0.717, 1.165) is 11.5 Å². The van der Waals surface area contributed by atoms with Gasteiger partial charge in [0, 0.05) is 22.3 Å². The van der Waals surface area contributed by atoms with Crippen molar-refractivity contribution in [3.8, 4) is 11.5 Å². The Morgan fingerprint density at radius 3 is 0.853 bits per heavy atom. The summed E-state index contributed by atoms with van der Waals surface area (Å²) in [6, 6.07) is 9.85. The molecule has 190 valence electrons. The molecule has 2 rings (SSSR count). The first-order chi connectivity index (χ1) is 15.2. The van der Waals surface area contributed by atoms with Crippen LogP contribution in [0.1, 0.15) is 105 Å². The standard InChI is InChI=1S/C30H49BO2P/c1-27(2,3)21-15-19(16-22(25(21)32-13)28(4,5)6)34(31)20-17-23(29(7,8)9)26(33-14)24(18-20)30(10,11)12/h15-18H,1-14,31H3/q-1. The molecule has 0 saturated heterocycles. The maximum absolute atomic E-state index is 6.04. The zero-order valence-corrected chi connectivity index (χ0v) is 24.5. The Kier molecular flexibility index (Phi) is 8.07. The van der Waals surface area contributed by atoms with Gasteiger partial charge in [-0.2, -0.15) is 0 Å². The SMILES string of the molecule is [BH3-]P(c1cc(C(C)(C)C)c(OC)c(C(C)(C)C)c1)c1cc(C(C)(C)C)c(OC)c(C(C)(C)C)c1. The van der Waals surface area contributed by atoms with Crippen LogP contribution < -0.4 is 20.1 Å². The molecule has 0 heterocycles. The summed E-state index contributed by atoms with van der Waals surface area (Å²) in [5.74, 6) is 2.13. The van der Waals surface area contributed by atoms with E-state index in [1.807, 2.05) is 14.2 Å². The highest BCUT2D eigenvalue weighted by atomic mass is 31.1. The largest absolute Gasteiger partial charge is 0.496 e. The molecule has 0 fully saturated rings. The molecule has 2 aromatic carbocycles. The average molecular weight is 484 g/mol. The summed E-state index contributed by atoms with van der Waals surface area (Å²) in [4.78, 5) is 0. The molecule has 0 amide bonds. The molecule has 34 heavy (non-hydrogen) atoms. The normalized spacial score (nSPS) is 13.4. The Labute approximate surface area is 212 Å². The van der Waals surface area contributed by atoms with E-state index in [1.54, 1.807) is 0 Å². The van der Waals surface area contributed by atoms with Crippen molar-refractivity contribution < 1.29 is 9.47 Å². The average Bonchev–Trinajstić information content (AvgIpc) is 2.68. The molecule has 4 heteroatoms. The summed E-state index contributed by atoms with van der Waals surface area (Å²) in [6.07, 6.45) is 0. The lowest BCUT2D eigenvalue weighted by Gasteiger charge is -2.34. The molecule has 0 spiro atoms. The van der Waals surface area contributed by atoms with Crippen LogP contribution >= 0.6 is 7.80 Å². The van der Waals surface area contributed by atoms with Crippen molar-refractivity contribution in [2.45, 2.75) is 105 Å². The van der Waals surface area contributed by atoms with E-state index in [2.05, 4.69) is 107 Å². The van der Waals surface area contributed by atoms with Gasteiger partial charge in [-0.3, -0.25) is 0 Å². The number of ether oxygens (including phenoxy) is 2. The fourth-order valence-corrected chi connectivity index (χ4v) is 5.25. The molecule has 0 aliphatic rings. The van der Waals surface area contributed by atoms with Crippen LogP contribution in [-0.2, 0) is 21.7 Å². The second-order valence-corrected chi connectivity index (χ2v) is 14.5. The summed E-state index contributed by atoms with van der Waals surface area (Å²) >= 11 is 0. The first-order valence-corrected chi connectivity index (χ1v) is 12.9. The number of rotatable bonds is 4. The van der Waals surface area contributed by atoms with Gasteiger partial charge in [-0.1, -0.05) is 118 Å². The summed E-state index contributed by atoms with van der Waals surface area (Å²) < 4.78 is 12.1. The maximum atomic E-state index is 6.04. The minimum atomic E-state index is -0.320. The van der Waals surface area contributed by atoms with Crippen LogP contribution in [0.5, 0.6) is 11.5 Å². The Bertz CT molecular complexity index is 874. The van der Waals surface area contributed by atoms with Gasteiger partial charge >= 0.3 is 0 Å². The van der Waals surface area contributed by atoms with Crippen molar-refractivity contribution in [3.63, 3.8) is 0 Å². The molecule has 0 aliphatic carbocycles. The monoisotopic (exact) mass is 483 g/mol. The highest BCUT2D eigenvalue weighted by Crippen LogP contribution is 2.44. The van der Waals surface area contributed by atoms with Gasteiger partial charge < -0.3 is 9.47 Å². The first kappa shape index (κ1) is 28.8. The van der Waals surface area contributed by atoms with Crippen LogP contribution in [0.3, 0.4) is 0 Å². The lowest BCUT2D eigenvalue weighted by molar-refractivity contribution is 0.381. The van der Waals surface area contributed by atoms with Crippen molar-refractivity contribution in [2.24, 2.45) is 0 Å². The molecule has 0 radical (unpaired) electrons. The summed E-state index contributed by atoms with van der Waals surface area (Å²) in [7, 11) is 3.36. The third-order valence-corrected chi connectivity index (χ3v) is 7.08. The van der Waals surface area contributed by atoms with Crippen LogP contribution in [0.4, 0.5) is 0 Å². The van der Waals surface area contributed by atoms with Gasteiger partial charge in [-0.05, 0) is 29.2 Å². The van der Waals surface area contributed by atoms with Crippen molar-refractivity contribution >= 4 is 26.0 Å². The quantitative estimate of drug-likeness (QED) is 0.360. The van der Waals surface area contributed by atoms with E-state index in [0.29, 0.717) is 0 Å². The van der Waals surface area contributed by atoms with Gasteiger partial charge in [0.2, 0.25) is 0 Å². The minimum Gasteiger partial charge on any atom is -0.496 e. The molecule has 0 saturated carbocycles. The smallest absolute Gasteiger partial charge is 0.126 e. The topological polar surface area (TPSA) is 18.5 Å². The number of methoxy groups -OCH3 is 2. The van der Waals surface area contributed by atoms with Crippen LogP contribution in [0.25, 0.3) is 0 Å². The highest BCUT2D eigenvalue weighted by Gasteiger charge is 2.30. The van der Waals surface area contributed by atoms with Gasteiger partial charge in [0.25, 0.3) is 0 Å². The molecule has 0 unspecified atom stereocenters. The fourth-order valence-electron chi connectivity index (χ4n) is 4.17. The van der Waals surface area contributed by atoms with Crippen LogP contribution in [0.2, 0.25) is 0 Å². The third-order valence-electron chi connectivity index (χ3n) is 6.05. The van der Waals surface area contributed by atoms with Crippen molar-refractivity contribution in [3.05, 3.63) is 46.5 Å². The highest BCUT2D eigenvalue weighted by molar-refractivity contribution is 7.94. The molecular weight excluding hydrogens is 434 g/mol. The molecule has 0 atom stereocenters. The van der Waals surface area contributed by atoms with Gasteiger partial charge in [0.15, 0.2) is 0 Å². The Balaban J connectivity index is 2.90. The second kappa shape index (κ2) is 9.53.